The minimum atomic E-state index is 0.408. The molecule has 1 aromatic heterocycles. The SMILES string of the molecule is N#Cc1cccc(-c2ncc(CCl)[nH]2)c1. The van der Waals surface area contributed by atoms with E-state index in [9.17, 15) is 0 Å². The number of aromatic amines is 1. The maximum absolute atomic E-state index is 8.76. The van der Waals surface area contributed by atoms with Crippen LogP contribution in [0.15, 0.2) is 30.5 Å². The van der Waals surface area contributed by atoms with Crippen molar-refractivity contribution in [3.05, 3.63) is 41.7 Å². The third kappa shape index (κ3) is 2.00. The molecule has 0 saturated carbocycles. The fraction of sp³-hybridized carbons (Fsp3) is 0.0909. The Morgan fingerprint density at radius 1 is 1.47 bits per heavy atom. The normalized spacial score (nSPS) is 9.87. The van der Waals surface area contributed by atoms with Gasteiger partial charge in [0, 0.05) is 17.5 Å². The first-order valence-electron chi connectivity index (χ1n) is 4.44. The van der Waals surface area contributed by atoms with Crippen LogP contribution in [0.25, 0.3) is 11.4 Å². The van der Waals surface area contributed by atoms with Crippen molar-refractivity contribution in [3.63, 3.8) is 0 Å². The van der Waals surface area contributed by atoms with Crippen LogP contribution in [0.1, 0.15) is 11.3 Å². The lowest BCUT2D eigenvalue weighted by atomic mass is 10.1. The summed E-state index contributed by atoms with van der Waals surface area (Å²) in [5, 5.41) is 8.76. The summed E-state index contributed by atoms with van der Waals surface area (Å²) in [6.07, 6.45) is 1.70. The van der Waals surface area contributed by atoms with Crippen LogP contribution in [0, 0.1) is 11.3 Å². The van der Waals surface area contributed by atoms with Gasteiger partial charge in [-0.25, -0.2) is 4.98 Å². The third-order valence-electron chi connectivity index (χ3n) is 2.04. The zero-order valence-electron chi connectivity index (χ0n) is 7.87. The number of aromatic nitrogens is 2. The summed E-state index contributed by atoms with van der Waals surface area (Å²) in [6, 6.07) is 9.37. The number of benzene rings is 1. The number of hydrogen-bond acceptors (Lipinski definition) is 2. The molecule has 0 amide bonds. The van der Waals surface area contributed by atoms with Crippen molar-refractivity contribution in [2.24, 2.45) is 0 Å². The van der Waals surface area contributed by atoms with Gasteiger partial charge in [-0.3, -0.25) is 0 Å². The van der Waals surface area contributed by atoms with E-state index in [2.05, 4.69) is 16.0 Å². The van der Waals surface area contributed by atoms with Crippen molar-refractivity contribution in [2.75, 3.05) is 0 Å². The molecule has 3 nitrogen and oxygen atoms in total. The smallest absolute Gasteiger partial charge is 0.137 e. The Labute approximate surface area is 92.3 Å². The van der Waals surface area contributed by atoms with Crippen molar-refractivity contribution in [2.45, 2.75) is 5.88 Å². The van der Waals surface area contributed by atoms with Gasteiger partial charge >= 0.3 is 0 Å². The quantitative estimate of drug-likeness (QED) is 0.787. The summed E-state index contributed by atoms with van der Waals surface area (Å²) in [5.41, 5.74) is 2.38. The number of nitriles is 1. The first-order chi connectivity index (χ1) is 7.33. The maximum Gasteiger partial charge on any atom is 0.137 e. The average Bonchev–Trinajstić information content (AvgIpc) is 2.78. The molecule has 0 aliphatic rings. The van der Waals surface area contributed by atoms with E-state index in [1.165, 1.54) is 0 Å². The summed E-state index contributed by atoms with van der Waals surface area (Å²) in [7, 11) is 0. The van der Waals surface area contributed by atoms with Crippen LogP contribution in [0.3, 0.4) is 0 Å². The molecule has 0 aliphatic heterocycles. The summed E-state index contributed by atoms with van der Waals surface area (Å²) < 4.78 is 0. The molecule has 0 aliphatic carbocycles. The number of imidazole rings is 1. The van der Waals surface area contributed by atoms with Crippen molar-refractivity contribution in [1.82, 2.24) is 9.97 Å². The molecule has 0 bridgehead atoms. The van der Waals surface area contributed by atoms with Crippen LogP contribution in [-0.4, -0.2) is 9.97 Å². The molecule has 0 saturated heterocycles. The van der Waals surface area contributed by atoms with Crippen LogP contribution in [0.4, 0.5) is 0 Å². The first kappa shape index (κ1) is 9.75. The van der Waals surface area contributed by atoms with E-state index >= 15 is 0 Å². The molecule has 74 valence electrons. The summed E-state index contributed by atoms with van der Waals surface area (Å²) in [4.78, 5) is 7.26. The number of nitrogens with zero attached hydrogens (tertiary/aromatic N) is 2. The van der Waals surface area contributed by atoms with Crippen molar-refractivity contribution < 1.29 is 0 Å². The number of rotatable bonds is 2. The molecule has 15 heavy (non-hydrogen) atoms. The summed E-state index contributed by atoms with van der Waals surface area (Å²) in [6.45, 7) is 0. The third-order valence-corrected chi connectivity index (χ3v) is 2.33. The predicted octanol–water partition coefficient (Wildman–Crippen LogP) is 2.69. The van der Waals surface area contributed by atoms with Gasteiger partial charge in [0.15, 0.2) is 0 Å². The van der Waals surface area contributed by atoms with E-state index < -0.39 is 0 Å². The summed E-state index contributed by atoms with van der Waals surface area (Å²) in [5.74, 6) is 1.15. The Bertz CT molecular complexity index is 511. The van der Waals surface area contributed by atoms with Gasteiger partial charge < -0.3 is 4.98 Å². The molecule has 0 spiro atoms. The molecule has 1 aromatic carbocycles. The second kappa shape index (κ2) is 4.16. The molecule has 1 heterocycles. The van der Waals surface area contributed by atoms with Crippen molar-refractivity contribution in [3.8, 4) is 17.5 Å². The van der Waals surface area contributed by atoms with Crippen molar-refractivity contribution >= 4 is 11.6 Å². The molecule has 0 unspecified atom stereocenters. The Hall–Kier alpha value is -1.79. The lowest BCUT2D eigenvalue weighted by Gasteiger charge is -1.96. The second-order valence-electron chi connectivity index (χ2n) is 3.08. The van der Waals surface area contributed by atoms with E-state index in [4.69, 9.17) is 16.9 Å². The number of nitrogens with one attached hydrogen (secondary N) is 1. The molecular weight excluding hydrogens is 210 g/mol. The Balaban J connectivity index is 2.41. The lowest BCUT2D eigenvalue weighted by Crippen LogP contribution is -1.82. The molecule has 1 N–H and O–H groups in total. The van der Waals surface area contributed by atoms with Crippen LogP contribution >= 0.6 is 11.6 Å². The molecule has 4 heteroatoms. The van der Waals surface area contributed by atoms with Crippen molar-refractivity contribution in [1.29, 1.82) is 5.26 Å². The van der Waals surface area contributed by atoms with Crippen LogP contribution in [0.5, 0.6) is 0 Å². The predicted molar refractivity (Wildman–Crippen MR) is 58.3 cm³/mol. The highest BCUT2D eigenvalue weighted by Gasteiger charge is 2.03. The molecule has 2 rings (SSSR count). The largest absolute Gasteiger partial charge is 0.341 e. The maximum atomic E-state index is 8.76. The van der Waals surface area contributed by atoms with Gasteiger partial charge in [0.05, 0.1) is 17.5 Å². The van der Waals surface area contributed by atoms with Gasteiger partial charge in [-0.2, -0.15) is 5.26 Å². The van der Waals surface area contributed by atoms with E-state index in [0.717, 1.165) is 17.1 Å². The highest BCUT2D eigenvalue weighted by molar-refractivity contribution is 6.16. The highest BCUT2D eigenvalue weighted by atomic mass is 35.5. The van der Waals surface area contributed by atoms with E-state index in [1.807, 2.05) is 12.1 Å². The van der Waals surface area contributed by atoms with Gasteiger partial charge in [0.25, 0.3) is 0 Å². The average molecular weight is 218 g/mol. The zero-order valence-corrected chi connectivity index (χ0v) is 8.62. The standard InChI is InChI=1S/C11H8ClN3/c12-5-10-7-14-11(15-10)9-3-1-2-8(4-9)6-13/h1-4,7H,5H2,(H,14,15). The second-order valence-corrected chi connectivity index (χ2v) is 3.35. The van der Waals surface area contributed by atoms with Gasteiger partial charge in [0.1, 0.15) is 5.82 Å². The number of alkyl halides is 1. The first-order valence-corrected chi connectivity index (χ1v) is 4.97. The van der Waals surface area contributed by atoms with E-state index in [0.29, 0.717) is 11.4 Å². The summed E-state index contributed by atoms with van der Waals surface area (Å²) >= 11 is 5.66. The topological polar surface area (TPSA) is 52.5 Å². The van der Waals surface area contributed by atoms with Gasteiger partial charge in [0.2, 0.25) is 0 Å². The number of hydrogen-bond donors (Lipinski definition) is 1. The molecule has 0 atom stereocenters. The fourth-order valence-electron chi connectivity index (χ4n) is 1.31. The monoisotopic (exact) mass is 217 g/mol. The van der Waals surface area contributed by atoms with Crippen LogP contribution < -0.4 is 0 Å². The minimum Gasteiger partial charge on any atom is -0.341 e. The van der Waals surface area contributed by atoms with Crippen LogP contribution in [0.2, 0.25) is 0 Å². The van der Waals surface area contributed by atoms with E-state index in [-0.39, 0.29) is 0 Å². The van der Waals surface area contributed by atoms with Gasteiger partial charge in [-0.15, -0.1) is 11.6 Å². The molecular formula is C11H8ClN3. The van der Waals surface area contributed by atoms with E-state index in [1.54, 1.807) is 18.3 Å². The Kier molecular flexibility index (Phi) is 2.70. The van der Waals surface area contributed by atoms with Gasteiger partial charge in [-0.1, -0.05) is 12.1 Å². The van der Waals surface area contributed by atoms with Crippen LogP contribution in [-0.2, 0) is 5.88 Å². The number of H-pyrrole nitrogens is 1. The fourth-order valence-corrected chi connectivity index (χ4v) is 1.45. The molecule has 0 fully saturated rings. The lowest BCUT2D eigenvalue weighted by molar-refractivity contribution is 1.22. The van der Waals surface area contributed by atoms with Gasteiger partial charge in [-0.05, 0) is 12.1 Å². The zero-order chi connectivity index (χ0) is 10.7. The molecule has 2 aromatic rings. The Morgan fingerprint density at radius 2 is 2.33 bits per heavy atom. The highest BCUT2D eigenvalue weighted by Crippen LogP contribution is 2.17. The Morgan fingerprint density at radius 3 is 3.00 bits per heavy atom. The minimum absolute atomic E-state index is 0.408. The molecule has 0 radical (unpaired) electrons. The number of halogens is 1.